The molecule has 1 aromatic carbocycles. The minimum atomic E-state index is -0.692. The smallest absolute Gasteiger partial charge is 0.459 e. The fraction of sp³-hybridized carbons (Fsp3) is 0.111. The Balaban J connectivity index is 2.41. The van der Waals surface area contributed by atoms with Crippen LogP contribution in [-0.4, -0.2) is 17.3 Å². The summed E-state index contributed by atoms with van der Waals surface area (Å²) in [5.74, 6) is 0.877. The summed E-state index contributed by atoms with van der Waals surface area (Å²) in [5.41, 5.74) is 0.666. The summed E-state index contributed by atoms with van der Waals surface area (Å²) < 4.78 is 9.75. The van der Waals surface area contributed by atoms with E-state index in [2.05, 4.69) is 10.2 Å². The molecule has 0 saturated heterocycles. The van der Waals surface area contributed by atoms with Crippen LogP contribution in [0.5, 0.6) is 11.8 Å². The summed E-state index contributed by atoms with van der Waals surface area (Å²) in [6.45, 7) is 0. The van der Waals surface area contributed by atoms with Gasteiger partial charge in [-0.25, -0.2) is 5.11 Å². The Morgan fingerprint density at radius 2 is 2.21 bits per heavy atom. The molecule has 0 fully saturated rings. The Bertz CT molecular complexity index is 439. The molecule has 0 aliphatic heterocycles. The summed E-state index contributed by atoms with van der Waals surface area (Å²) in [6.07, 6.45) is -0.692. The van der Waals surface area contributed by atoms with Crippen molar-refractivity contribution in [1.29, 1.82) is 0 Å². The van der Waals surface area contributed by atoms with Gasteiger partial charge in [0.2, 0.25) is 0 Å². The standard InChI is InChI=1S/C9H7N2O3/c1-13-7-4-2-3-6(5-7)8-10-11-9(12)14-8/h2-5H,1H3. The molecule has 0 aliphatic carbocycles. The first-order valence-corrected chi connectivity index (χ1v) is 3.94. The van der Waals surface area contributed by atoms with E-state index < -0.39 is 6.08 Å². The molecule has 0 saturated carbocycles. The fourth-order valence-electron chi connectivity index (χ4n) is 1.08. The highest BCUT2D eigenvalue weighted by Gasteiger charge is 2.08. The Morgan fingerprint density at radius 3 is 2.86 bits per heavy atom. The van der Waals surface area contributed by atoms with Crippen molar-refractivity contribution >= 4 is 0 Å². The van der Waals surface area contributed by atoms with Gasteiger partial charge in [0.15, 0.2) is 0 Å². The van der Waals surface area contributed by atoms with Crippen molar-refractivity contribution in [3.05, 3.63) is 24.3 Å². The summed E-state index contributed by atoms with van der Waals surface area (Å²) in [6, 6.07) is 7.04. The molecule has 0 amide bonds. The van der Waals surface area contributed by atoms with Crippen molar-refractivity contribution in [1.82, 2.24) is 10.2 Å². The Kier molecular flexibility index (Phi) is 2.06. The van der Waals surface area contributed by atoms with Gasteiger partial charge in [-0.3, -0.25) is 0 Å². The molecule has 1 aromatic heterocycles. The van der Waals surface area contributed by atoms with Crippen molar-refractivity contribution < 1.29 is 14.3 Å². The molecule has 1 radical (unpaired) electrons. The van der Waals surface area contributed by atoms with Crippen molar-refractivity contribution in [2.75, 3.05) is 7.11 Å². The zero-order chi connectivity index (χ0) is 9.97. The van der Waals surface area contributed by atoms with Gasteiger partial charge in [-0.05, 0) is 18.2 Å². The second-order valence-electron chi connectivity index (χ2n) is 2.61. The maximum absolute atomic E-state index is 10.6. The SMILES string of the molecule is COc1cccc(-c2nnc([O])o2)c1. The van der Waals surface area contributed by atoms with Crippen molar-refractivity contribution in [2.45, 2.75) is 0 Å². The molecule has 0 N–H and O–H groups in total. The lowest BCUT2D eigenvalue weighted by molar-refractivity contribution is 0.239. The van der Waals surface area contributed by atoms with Crippen molar-refractivity contribution in [2.24, 2.45) is 0 Å². The number of hydrogen-bond donors (Lipinski definition) is 0. The first-order chi connectivity index (χ1) is 6.79. The third kappa shape index (κ3) is 1.52. The molecule has 14 heavy (non-hydrogen) atoms. The lowest BCUT2D eigenvalue weighted by Crippen LogP contribution is -1.83. The number of ether oxygens (including phenoxy) is 1. The fourth-order valence-corrected chi connectivity index (χ4v) is 1.08. The summed E-state index contributed by atoms with van der Waals surface area (Å²) >= 11 is 0. The summed E-state index contributed by atoms with van der Waals surface area (Å²) in [5, 5.41) is 17.5. The average Bonchev–Trinajstić information content (AvgIpc) is 2.65. The molecule has 0 unspecified atom stereocenters. The first kappa shape index (κ1) is 8.55. The van der Waals surface area contributed by atoms with Gasteiger partial charge in [0.1, 0.15) is 5.75 Å². The number of aromatic nitrogens is 2. The van der Waals surface area contributed by atoms with Crippen LogP contribution in [0.3, 0.4) is 0 Å². The van der Waals surface area contributed by atoms with Crippen LogP contribution in [0.25, 0.3) is 11.5 Å². The van der Waals surface area contributed by atoms with Crippen LogP contribution in [0, 0.1) is 0 Å². The molecule has 0 bridgehead atoms. The molecular formula is C9H7N2O3. The van der Waals surface area contributed by atoms with Crippen LogP contribution in [0.2, 0.25) is 0 Å². The maximum atomic E-state index is 10.6. The second-order valence-corrected chi connectivity index (χ2v) is 2.61. The van der Waals surface area contributed by atoms with Gasteiger partial charge in [-0.15, -0.1) is 5.10 Å². The quantitative estimate of drug-likeness (QED) is 0.726. The molecule has 0 atom stereocenters. The molecular weight excluding hydrogens is 184 g/mol. The Morgan fingerprint density at radius 1 is 1.36 bits per heavy atom. The molecule has 5 heteroatoms. The van der Waals surface area contributed by atoms with Gasteiger partial charge < -0.3 is 9.15 Å². The zero-order valence-corrected chi connectivity index (χ0v) is 7.43. The van der Waals surface area contributed by atoms with Gasteiger partial charge in [-0.1, -0.05) is 11.2 Å². The third-order valence-electron chi connectivity index (χ3n) is 1.72. The van der Waals surface area contributed by atoms with Crippen LogP contribution in [-0.2, 0) is 5.11 Å². The second kappa shape index (κ2) is 3.37. The zero-order valence-electron chi connectivity index (χ0n) is 7.43. The number of rotatable bonds is 2. The predicted octanol–water partition coefficient (Wildman–Crippen LogP) is 1.89. The topological polar surface area (TPSA) is 68.1 Å². The van der Waals surface area contributed by atoms with E-state index in [1.807, 2.05) is 0 Å². The van der Waals surface area contributed by atoms with Crippen LogP contribution in [0.1, 0.15) is 0 Å². The minimum Gasteiger partial charge on any atom is -0.497 e. The van der Waals surface area contributed by atoms with Crippen molar-refractivity contribution in [3.63, 3.8) is 0 Å². The number of hydrogen-bond acceptors (Lipinski definition) is 4. The monoisotopic (exact) mass is 191 g/mol. The molecule has 2 rings (SSSR count). The highest BCUT2D eigenvalue weighted by molar-refractivity contribution is 5.55. The highest BCUT2D eigenvalue weighted by Crippen LogP contribution is 2.23. The van der Waals surface area contributed by atoms with Gasteiger partial charge >= 0.3 is 6.08 Å². The third-order valence-corrected chi connectivity index (χ3v) is 1.72. The van der Waals surface area contributed by atoms with Gasteiger partial charge in [0.05, 0.1) is 7.11 Å². The highest BCUT2D eigenvalue weighted by atomic mass is 16.5. The van der Waals surface area contributed by atoms with E-state index in [0.29, 0.717) is 11.3 Å². The minimum absolute atomic E-state index is 0.203. The van der Waals surface area contributed by atoms with E-state index in [1.54, 1.807) is 31.4 Å². The molecule has 5 nitrogen and oxygen atoms in total. The van der Waals surface area contributed by atoms with Crippen LogP contribution in [0.4, 0.5) is 0 Å². The lowest BCUT2D eigenvalue weighted by atomic mass is 10.2. The van der Waals surface area contributed by atoms with Crippen LogP contribution in [0.15, 0.2) is 28.7 Å². The number of benzene rings is 1. The van der Waals surface area contributed by atoms with Crippen LogP contribution < -0.4 is 4.74 Å². The predicted molar refractivity (Wildman–Crippen MR) is 46.4 cm³/mol. The molecule has 1 heterocycles. The summed E-state index contributed by atoms with van der Waals surface area (Å²) in [4.78, 5) is 0. The number of methoxy groups -OCH3 is 1. The van der Waals surface area contributed by atoms with E-state index in [0.717, 1.165) is 0 Å². The first-order valence-electron chi connectivity index (χ1n) is 3.94. The van der Waals surface area contributed by atoms with E-state index in [4.69, 9.17) is 9.15 Å². The Labute approximate surface area is 80.0 Å². The molecule has 0 spiro atoms. The Hall–Kier alpha value is -2.04. The van der Waals surface area contributed by atoms with E-state index in [1.165, 1.54) is 0 Å². The van der Waals surface area contributed by atoms with Gasteiger partial charge in [0.25, 0.3) is 5.89 Å². The van der Waals surface area contributed by atoms with E-state index in [-0.39, 0.29) is 5.89 Å². The number of nitrogens with zero attached hydrogens (tertiary/aromatic N) is 2. The van der Waals surface area contributed by atoms with Gasteiger partial charge in [-0.2, -0.15) is 0 Å². The van der Waals surface area contributed by atoms with E-state index >= 15 is 0 Å². The largest absolute Gasteiger partial charge is 0.497 e. The molecule has 0 aliphatic rings. The van der Waals surface area contributed by atoms with Gasteiger partial charge in [0, 0.05) is 5.56 Å². The van der Waals surface area contributed by atoms with Crippen molar-refractivity contribution in [3.8, 4) is 23.3 Å². The normalized spacial score (nSPS) is 10.1. The lowest BCUT2D eigenvalue weighted by Gasteiger charge is -1.99. The average molecular weight is 191 g/mol. The van der Waals surface area contributed by atoms with E-state index in [9.17, 15) is 5.11 Å². The van der Waals surface area contributed by atoms with Crippen LogP contribution >= 0.6 is 0 Å². The maximum Gasteiger partial charge on any atom is 0.459 e. The molecule has 71 valence electrons. The summed E-state index contributed by atoms with van der Waals surface area (Å²) in [7, 11) is 1.56. The molecule has 2 aromatic rings.